The molecular weight excluding hydrogens is 374 g/mol. The lowest BCUT2D eigenvalue weighted by molar-refractivity contribution is -0.123. The Balaban J connectivity index is 1.77. The summed E-state index contributed by atoms with van der Waals surface area (Å²) in [6.07, 6.45) is 0. The lowest BCUT2D eigenvalue weighted by atomic mass is 10.0. The van der Waals surface area contributed by atoms with Crippen LogP contribution < -0.4 is 16.0 Å². The Labute approximate surface area is 177 Å². The van der Waals surface area contributed by atoms with Crippen molar-refractivity contribution in [1.82, 2.24) is 10.6 Å². The van der Waals surface area contributed by atoms with E-state index in [0.717, 1.165) is 22.4 Å². The van der Waals surface area contributed by atoms with E-state index in [4.69, 9.17) is 0 Å². The molecule has 5 heteroatoms. The lowest BCUT2D eigenvalue weighted by Crippen LogP contribution is -2.43. The predicted octanol–water partition coefficient (Wildman–Crippen LogP) is 5.04. The molecule has 3 aromatic carbocycles. The summed E-state index contributed by atoms with van der Waals surface area (Å²) in [5, 5.41) is 8.72. The van der Waals surface area contributed by atoms with Crippen LogP contribution >= 0.6 is 0 Å². The number of hydrogen-bond donors (Lipinski definition) is 3. The van der Waals surface area contributed by atoms with Gasteiger partial charge in [0.05, 0.1) is 6.04 Å². The van der Waals surface area contributed by atoms with Gasteiger partial charge in [0.2, 0.25) is 5.91 Å². The number of urea groups is 1. The molecule has 2 atom stereocenters. The minimum atomic E-state index is -0.818. The molecular formula is C25H27N3O2. The van der Waals surface area contributed by atoms with Crippen molar-refractivity contribution in [1.29, 1.82) is 0 Å². The van der Waals surface area contributed by atoms with Gasteiger partial charge in [0.1, 0.15) is 6.04 Å². The van der Waals surface area contributed by atoms with Crippen molar-refractivity contribution < 1.29 is 9.59 Å². The third kappa shape index (κ3) is 5.26. The zero-order valence-corrected chi connectivity index (χ0v) is 17.5. The van der Waals surface area contributed by atoms with Gasteiger partial charge in [-0.15, -0.1) is 0 Å². The van der Waals surface area contributed by atoms with Crippen LogP contribution in [0, 0.1) is 13.8 Å². The van der Waals surface area contributed by atoms with Gasteiger partial charge in [-0.25, -0.2) is 4.79 Å². The maximum atomic E-state index is 13.1. The van der Waals surface area contributed by atoms with Gasteiger partial charge in [-0.2, -0.15) is 0 Å². The molecule has 0 saturated heterocycles. The van der Waals surface area contributed by atoms with E-state index in [2.05, 4.69) is 16.0 Å². The maximum Gasteiger partial charge on any atom is 0.320 e. The van der Waals surface area contributed by atoms with Crippen LogP contribution in [-0.2, 0) is 4.79 Å². The van der Waals surface area contributed by atoms with Gasteiger partial charge >= 0.3 is 6.03 Å². The van der Waals surface area contributed by atoms with E-state index in [1.54, 1.807) is 0 Å². The molecule has 0 radical (unpaired) electrons. The topological polar surface area (TPSA) is 70.2 Å². The monoisotopic (exact) mass is 401 g/mol. The zero-order valence-electron chi connectivity index (χ0n) is 17.5. The molecule has 0 fully saturated rings. The van der Waals surface area contributed by atoms with Crippen LogP contribution in [0.1, 0.15) is 41.3 Å². The molecule has 3 aromatic rings. The van der Waals surface area contributed by atoms with Crippen LogP contribution in [0.2, 0.25) is 0 Å². The van der Waals surface area contributed by atoms with Crippen LogP contribution in [-0.4, -0.2) is 11.9 Å². The van der Waals surface area contributed by atoms with Crippen molar-refractivity contribution in [3.05, 3.63) is 101 Å². The second-order valence-corrected chi connectivity index (χ2v) is 7.35. The largest absolute Gasteiger partial charge is 0.347 e. The first-order valence-corrected chi connectivity index (χ1v) is 9.99. The fourth-order valence-corrected chi connectivity index (χ4v) is 3.36. The summed E-state index contributed by atoms with van der Waals surface area (Å²) >= 11 is 0. The van der Waals surface area contributed by atoms with Crippen LogP contribution in [0.5, 0.6) is 0 Å². The summed E-state index contributed by atoms with van der Waals surface area (Å²) in [6, 6.07) is 23.3. The fourth-order valence-electron chi connectivity index (χ4n) is 3.36. The van der Waals surface area contributed by atoms with E-state index < -0.39 is 12.1 Å². The van der Waals surface area contributed by atoms with Gasteiger partial charge in [0.15, 0.2) is 0 Å². The molecule has 5 nitrogen and oxygen atoms in total. The fraction of sp³-hybridized carbons (Fsp3) is 0.200. The number of carbonyl (C=O) groups excluding carboxylic acids is 2. The van der Waals surface area contributed by atoms with E-state index in [0.29, 0.717) is 5.56 Å². The first-order chi connectivity index (χ1) is 14.5. The van der Waals surface area contributed by atoms with Gasteiger partial charge in [0.25, 0.3) is 0 Å². The molecule has 0 aliphatic heterocycles. The van der Waals surface area contributed by atoms with Crippen molar-refractivity contribution in [2.45, 2.75) is 32.9 Å². The SMILES string of the molecule is Cc1cccc(C)c1NC(=O)N[C@@H](C(=O)N[C@H](C)c1ccccc1)c1ccccc1. The first-order valence-electron chi connectivity index (χ1n) is 9.99. The minimum Gasteiger partial charge on any atom is -0.347 e. The Hall–Kier alpha value is -3.60. The highest BCUT2D eigenvalue weighted by Gasteiger charge is 2.24. The molecule has 30 heavy (non-hydrogen) atoms. The van der Waals surface area contributed by atoms with Crippen molar-refractivity contribution in [2.24, 2.45) is 0 Å². The highest BCUT2D eigenvalue weighted by atomic mass is 16.2. The molecule has 3 amide bonds. The van der Waals surface area contributed by atoms with E-state index in [-0.39, 0.29) is 11.9 Å². The Bertz CT molecular complexity index is 983. The number of anilines is 1. The first kappa shape index (κ1) is 21.1. The lowest BCUT2D eigenvalue weighted by Gasteiger charge is -2.23. The molecule has 0 bridgehead atoms. The summed E-state index contributed by atoms with van der Waals surface area (Å²) in [5.41, 5.74) is 4.39. The van der Waals surface area contributed by atoms with Gasteiger partial charge in [-0.05, 0) is 43.0 Å². The van der Waals surface area contributed by atoms with E-state index in [1.165, 1.54) is 0 Å². The third-order valence-electron chi connectivity index (χ3n) is 5.05. The maximum absolute atomic E-state index is 13.1. The van der Waals surface area contributed by atoms with Crippen molar-refractivity contribution in [3.8, 4) is 0 Å². The molecule has 0 spiro atoms. The standard InChI is InChI=1S/C25H27N3O2/c1-17-11-10-12-18(2)22(17)27-25(30)28-23(21-15-8-5-9-16-21)24(29)26-19(3)20-13-6-4-7-14-20/h4-16,19,23H,1-3H3,(H,26,29)(H2,27,28,30)/t19-,23-/m1/s1. The third-order valence-corrected chi connectivity index (χ3v) is 5.05. The summed E-state index contributed by atoms with van der Waals surface area (Å²) < 4.78 is 0. The number of para-hydroxylation sites is 1. The van der Waals surface area contributed by atoms with Crippen molar-refractivity contribution in [3.63, 3.8) is 0 Å². The summed E-state index contributed by atoms with van der Waals surface area (Å²) in [4.78, 5) is 25.9. The van der Waals surface area contributed by atoms with Gasteiger partial charge in [0, 0.05) is 5.69 Å². The number of carbonyl (C=O) groups is 2. The quantitative estimate of drug-likeness (QED) is 0.541. The van der Waals surface area contributed by atoms with Crippen LogP contribution in [0.25, 0.3) is 0 Å². The van der Waals surface area contributed by atoms with Crippen LogP contribution in [0.15, 0.2) is 78.9 Å². The average molecular weight is 402 g/mol. The molecule has 3 rings (SSSR count). The second kappa shape index (κ2) is 9.74. The number of nitrogens with one attached hydrogen (secondary N) is 3. The highest BCUT2D eigenvalue weighted by molar-refractivity contribution is 5.95. The van der Waals surface area contributed by atoms with Crippen molar-refractivity contribution in [2.75, 3.05) is 5.32 Å². The Morgan fingerprint density at radius 2 is 1.23 bits per heavy atom. The molecule has 0 unspecified atom stereocenters. The van der Waals surface area contributed by atoms with E-state index in [1.807, 2.05) is 99.6 Å². The molecule has 3 N–H and O–H groups in total. The molecule has 0 saturated carbocycles. The molecule has 0 aliphatic rings. The Kier molecular flexibility index (Phi) is 6.86. The number of hydrogen-bond acceptors (Lipinski definition) is 2. The number of rotatable bonds is 6. The van der Waals surface area contributed by atoms with Crippen LogP contribution in [0.4, 0.5) is 10.5 Å². The van der Waals surface area contributed by atoms with Gasteiger partial charge in [-0.3, -0.25) is 4.79 Å². The molecule has 0 heterocycles. The summed E-state index contributed by atoms with van der Waals surface area (Å²) in [7, 11) is 0. The highest BCUT2D eigenvalue weighted by Crippen LogP contribution is 2.21. The Morgan fingerprint density at radius 1 is 0.700 bits per heavy atom. The second-order valence-electron chi connectivity index (χ2n) is 7.35. The van der Waals surface area contributed by atoms with Crippen LogP contribution in [0.3, 0.4) is 0 Å². The van der Waals surface area contributed by atoms with Gasteiger partial charge < -0.3 is 16.0 Å². The minimum absolute atomic E-state index is 0.187. The predicted molar refractivity (Wildman–Crippen MR) is 120 cm³/mol. The van der Waals surface area contributed by atoms with E-state index in [9.17, 15) is 9.59 Å². The summed E-state index contributed by atoms with van der Waals surface area (Å²) in [6.45, 7) is 5.79. The average Bonchev–Trinajstić information content (AvgIpc) is 2.76. The van der Waals surface area contributed by atoms with Crippen molar-refractivity contribution >= 4 is 17.6 Å². The molecule has 0 aromatic heterocycles. The molecule has 154 valence electrons. The normalized spacial score (nSPS) is 12.5. The van der Waals surface area contributed by atoms with Gasteiger partial charge in [-0.1, -0.05) is 78.9 Å². The van der Waals surface area contributed by atoms with E-state index >= 15 is 0 Å². The summed E-state index contributed by atoms with van der Waals surface area (Å²) in [5.74, 6) is -0.269. The number of aryl methyl sites for hydroxylation is 2. The number of amides is 3. The number of benzene rings is 3. The zero-order chi connectivity index (χ0) is 21.5. The smallest absolute Gasteiger partial charge is 0.320 e. The molecule has 0 aliphatic carbocycles. The Morgan fingerprint density at radius 3 is 1.80 bits per heavy atom.